The fraction of sp³-hybridized carbons (Fsp3) is 0. The molecule has 1 heterocycles. The lowest BCUT2D eigenvalue weighted by atomic mass is 10.2. The van der Waals surface area contributed by atoms with E-state index in [1.807, 2.05) is 0 Å². The Labute approximate surface area is 102 Å². The number of hydrogen-bond donors (Lipinski definition) is 1. The number of para-hydroxylation sites is 1. The van der Waals surface area contributed by atoms with Crippen LogP contribution in [0.3, 0.4) is 0 Å². The first kappa shape index (κ1) is 11.6. The molecule has 2 aromatic rings. The van der Waals surface area contributed by atoms with Crippen LogP contribution in [0.15, 0.2) is 29.2 Å². The molecule has 0 saturated carbocycles. The van der Waals surface area contributed by atoms with Gasteiger partial charge in [0.25, 0.3) is 0 Å². The van der Waals surface area contributed by atoms with Crippen molar-refractivity contribution in [2.75, 3.05) is 0 Å². The highest BCUT2D eigenvalue weighted by atomic mass is 35.5. The Hall–Kier alpha value is -0.880. The van der Waals surface area contributed by atoms with E-state index in [2.05, 4.69) is 4.98 Å². The van der Waals surface area contributed by atoms with Gasteiger partial charge in [0.15, 0.2) is 0 Å². The number of nitrogens with two attached hydrogens (primary N) is 1. The van der Waals surface area contributed by atoms with E-state index in [-0.39, 0.29) is 15.6 Å². The van der Waals surface area contributed by atoms with Crippen LogP contribution < -0.4 is 5.14 Å². The zero-order chi connectivity index (χ0) is 11.9. The second kappa shape index (κ2) is 3.85. The van der Waals surface area contributed by atoms with Gasteiger partial charge in [0, 0.05) is 5.39 Å². The van der Waals surface area contributed by atoms with Crippen LogP contribution in [0.1, 0.15) is 0 Å². The lowest BCUT2D eigenvalue weighted by Gasteiger charge is -2.05. The third-order valence-corrected chi connectivity index (χ3v) is 3.48. The molecular formula is C9H6Cl2N2O2S. The van der Waals surface area contributed by atoms with Crippen LogP contribution in [-0.4, -0.2) is 13.4 Å². The summed E-state index contributed by atoms with van der Waals surface area (Å²) >= 11 is 11.6. The lowest BCUT2D eigenvalue weighted by Crippen LogP contribution is -2.13. The van der Waals surface area contributed by atoms with E-state index in [1.165, 1.54) is 12.1 Å². The zero-order valence-corrected chi connectivity index (χ0v) is 10.1. The summed E-state index contributed by atoms with van der Waals surface area (Å²) in [5.74, 6) is 0. The van der Waals surface area contributed by atoms with Gasteiger partial charge in [-0.3, -0.25) is 0 Å². The number of primary sulfonamides is 1. The number of benzene rings is 1. The molecule has 2 N–H and O–H groups in total. The van der Waals surface area contributed by atoms with Crippen LogP contribution in [0, 0.1) is 0 Å². The molecule has 7 heteroatoms. The van der Waals surface area contributed by atoms with Crippen LogP contribution in [0.2, 0.25) is 10.2 Å². The molecule has 4 nitrogen and oxygen atoms in total. The van der Waals surface area contributed by atoms with Crippen LogP contribution in [0.25, 0.3) is 10.9 Å². The minimum atomic E-state index is -3.84. The number of pyridine rings is 1. The van der Waals surface area contributed by atoms with Gasteiger partial charge in [-0.1, -0.05) is 35.3 Å². The first-order valence-electron chi connectivity index (χ1n) is 4.17. The maximum atomic E-state index is 11.3. The molecule has 0 bridgehead atoms. The van der Waals surface area contributed by atoms with Crippen molar-refractivity contribution < 1.29 is 8.42 Å². The average molecular weight is 277 g/mol. The maximum absolute atomic E-state index is 11.3. The zero-order valence-electron chi connectivity index (χ0n) is 7.81. The normalized spacial score (nSPS) is 11.9. The minimum absolute atomic E-state index is 0.0885. The first-order valence-corrected chi connectivity index (χ1v) is 6.47. The Bertz CT molecular complexity index is 671. The number of nitrogens with zero attached hydrogens (tertiary/aromatic N) is 1. The summed E-state index contributed by atoms with van der Waals surface area (Å²) in [7, 11) is -3.84. The van der Waals surface area contributed by atoms with Gasteiger partial charge in [-0.2, -0.15) is 0 Å². The van der Waals surface area contributed by atoms with E-state index in [0.29, 0.717) is 10.4 Å². The molecule has 0 amide bonds. The Morgan fingerprint density at radius 1 is 1.25 bits per heavy atom. The van der Waals surface area contributed by atoms with Crippen molar-refractivity contribution in [1.82, 2.24) is 4.98 Å². The van der Waals surface area contributed by atoms with Gasteiger partial charge in [-0.15, -0.1) is 0 Å². The van der Waals surface area contributed by atoms with Crippen molar-refractivity contribution in [2.45, 2.75) is 4.90 Å². The largest absolute Gasteiger partial charge is 0.240 e. The molecule has 16 heavy (non-hydrogen) atoms. The topological polar surface area (TPSA) is 73.1 Å². The van der Waals surface area contributed by atoms with Gasteiger partial charge in [-0.25, -0.2) is 18.5 Å². The molecule has 1 aromatic heterocycles. The molecular weight excluding hydrogens is 271 g/mol. The monoisotopic (exact) mass is 276 g/mol. The third kappa shape index (κ3) is 1.99. The molecule has 0 aliphatic rings. The van der Waals surface area contributed by atoms with Gasteiger partial charge in [0.05, 0.1) is 10.5 Å². The number of aromatic nitrogens is 1. The standard InChI is InChI=1S/C9H6Cl2N2O2S/c10-6-4-8(11)13-9-5(6)2-1-3-7(9)16(12,14)15/h1-4H,(H2,12,14,15). The predicted molar refractivity (Wildman–Crippen MR) is 63.1 cm³/mol. The van der Waals surface area contributed by atoms with Gasteiger partial charge >= 0.3 is 0 Å². The molecule has 0 aliphatic heterocycles. The number of fused-ring (bicyclic) bond motifs is 1. The van der Waals surface area contributed by atoms with Crippen LogP contribution in [0.5, 0.6) is 0 Å². The van der Waals surface area contributed by atoms with E-state index < -0.39 is 10.0 Å². The molecule has 2 rings (SSSR count). The van der Waals surface area contributed by atoms with Crippen LogP contribution in [0.4, 0.5) is 0 Å². The molecule has 0 atom stereocenters. The van der Waals surface area contributed by atoms with Crippen molar-refractivity contribution in [3.8, 4) is 0 Å². The second-order valence-corrected chi connectivity index (χ2v) is 5.45. The smallest absolute Gasteiger partial charge is 0.235 e. The summed E-state index contributed by atoms with van der Waals surface area (Å²) in [4.78, 5) is 3.84. The van der Waals surface area contributed by atoms with E-state index in [4.69, 9.17) is 28.3 Å². The second-order valence-electron chi connectivity index (χ2n) is 3.12. The average Bonchev–Trinajstić information content (AvgIpc) is 2.15. The minimum Gasteiger partial charge on any atom is -0.235 e. The molecule has 0 spiro atoms. The molecule has 0 saturated heterocycles. The quantitative estimate of drug-likeness (QED) is 0.812. The Morgan fingerprint density at radius 3 is 2.56 bits per heavy atom. The Kier molecular flexibility index (Phi) is 2.79. The van der Waals surface area contributed by atoms with Crippen LogP contribution in [-0.2, 0) is 10.0 Å². The van der Waals surface area contributed by atoms with Crippen molar-refractivity contribution in [3.63, 3.8) is 0 Å². The van der Waals surface area contributed by atoms with Crippen molar-refractivity contribution >= 4 is 44.1 Å². The number of halogens is 2. The summed E-state index contributed by atoms with van der Waals surface area (Å²) in [5.41, 5.74) is 0.183. The maximum Gasteiger partial charge on any atom is 0.240 e. The van der Waals surface area contributed by atoms with Crippen LogP contribution >= 0.6 is 23.2 Å². The van der Waals surface area contributed by atoms with Crippen molar-refractivity contribution in [3.05, 3.63) is 34.4 Å². The van der Waals surface area contributed by atoms with E-state index in [1.54, 1.807) is 12.1 Å². The summed E-state index contributed by atoms with van der Waals surface area (Å²) in [6.45, 7) is 0. The predicted octanol–water partition coefficient (Wildman–Crippen LogP) is 2.19. The summed E-state index contributed by atoms with van der Waals surface area (Å²) in [6, 6.07) is 5.99. The van der Waals surface area contributed by atoms with Gasteiger partial charge in [0.1, 0.15) is 10.0 Å². The third-order valence-electron chi connectivity index (χ3n) is 2.03. The molecule has 84 valence electrons. The van der Waals surface area contributed by atoms with E-state index in [0.717, 1.165) is 0 Å². The van der Waals surface area contributed by atoms with E-state index in [9.17, 15) is 8.42 Å². The van der Waals surface area contributed by atoms with Crippen molar-refractivity contribution in [1.29, 1.82) is 0 Å². The molecule has 0 fully saturated rings. The lowest BCUT2D eigenvalue weighted by molar-refractivity contribution is 0.598. The summed E-state index contributed by atoms with van der Waals surface area (Å²) in [5, 5.41) is 6.02. The SMILES string of the molecule is NS(=O)(=O)c1cccc2c(Cl)cc(Cl)nc12. The van der Waals surface area contributed by atoms with Gasteiger partial charge in [0.2, 0.25) is 10.0 Å². The highest BCUT2D eigenvalue weighted by Crippen LogP contribution is 2.28. The molecule has 0 aliphatic carbocycles. The van der Waals surface area contributed by atoms with Gasteiger partial charge in [-0.05, 0) is 12.1 Å². The van der Waals surface area contributed by atoms with E-state index >= 15 is 0 Å². The molecule has 0 radical (unpaired) electrons. The Morgan fingerprint density at radius 2 is 1.94 bits per heavy atom. The number of rotatable bonds is 1. The first-order chi connectivity index (χ1) is 7.39. The summed E-state index contributed by atoms with van der Waals surface area (Å²) in [6.07, 6.45) is 0. The Balaban J connectivity index is 2.98. The highest BCUT2D eigenvalue weighted by molar-refractivity contribution is 7.89. The van der Waals surface area contributed by atoms with Crippen molar-refractivity contribution in [2.24, 2.45) is 5.14 Å². The molecule has 1 aromatic carbocycles. The number of sulfonamides is 1. The molecule has 0 unspecified atom stereocenters. The fourth-order valence-corrected chi connectivity index (χ4v) is 2.58. The highest BCUT2D eigenvalue weighted by Gasteiger charge is 2.15. The summed E-state index contributed by atoms with van der Waals surface area (Å²) < 4.78 is 22.6. The fourth-order valence-electron chi connectivity index (χ4n) is 1.38. The number of hydrogen-bond acceptors (Lipinski definition) is 3. The van der Waals surface area contributed by atoms with Gasteiger partial charge < -0.3 is 0 Å².